The van der Waals surface area contributed by atoms with Crippen LogP contribution in [0.5, 0.6) is 0 Å². The van der Waals surface area contributed by atoms with E-state index in [0.717, 1.165) is 10.4 Å². The van der Waals surface area contributed by atoms with Crippen molar-refractivity contribution in [2.75, 3.05) is 13.1 Å². The van der Waals surface area contributed by atoms with E-state index in [0.29, 0.717) is 18.4 Å². The Morgan fingerprint density at radius 1 is 1.45 bits per heavy atom. The van der Waals surface area contributed by atoms with E-state index in [1.54, 1.807) is 6.92 Å². The normalized spacial score (nSPS) is 20.8. The minimum absolute atomic E-state index is 0.106. The number of rotatable bonds is 3. The molecule has 0 aromatic heterocycles. The Labute approximate surface area is 117 Å². The molecule has 7 heteroatoms. The second-order valence-electron chi connectivity index (χ2n) is 4.97. The number of piperidine rings is 1. The second kappa shape index (κ2) is 5.49. The largest absolute Gasteiger partial charge is 0.481 e. The molecule has 0 aliphatic carbocycles. The Kier molecular flexibility index (Phi) is 4.10. The number of halogens is 1. The first kappa shape index (κ1) is 14.9. The van der Waals surface area contributed by atoms with Gasteiger partial charge >= 0.3 is 5.97 Å². The topological polar surface area (TPSA) is 74.7 Å². The number of sulfonamides is 1. The van der Waals surface area contributed by atoms with Gasteiger partial charge in [0.25, 0.3) is 0 Å². The first-order valence-corrected chi connectivity index (χ1v) is 7.75. The monoisotopic (exact) mass is 301 g/mol. The van der Waals surface area contributed by atoms with Crippen LogP contribution < -0.4 is 0 Å². The fourth-order valence-electron chi connectivity index (χ4n) is 2.32. The van der Waals surface area contributed by atoms with E-state index < -0.39 is 32.6 Å². The molecule has 0 radical (unpaired) electrons. The van der Waals surface area contributed by atoms with E-state index in [2.05, 4.69) is 0 Å². The zero-order valence-electron chi connectivity index (χ0n) is 11.0. The molecule has 0 bridgehead atoms. The summed E-state index contributed by atoms with van der Waals surface area (Å²) in [5.74, 6) is -2.55. The van der Waals surface area contributed by atoms with Gasteiger partial charge in [0, 0.05) is 13.1 Å². The minimum atomic E-state index is -3.98. The molecule has 1 heterocycles. The van der Waals surface area contributed by atoms with Crippen molar-refractivity contribution in [2.45, 2.75) is 24.7 Å². The van der Waals surface area contributed by atoms with Gasteiger partial charge < -0.3 is 5.11 Å². The third-order valence-corrected chi connectivity index (χ3v) is 5.34. The molecule has 0 amide bonds. The van der Waals surface area contributed by atoms with Crippen molar-refractivity contribution in [1.29, 1.82) is 0 Å². The Bertz CT molecular complexity index is 629. The van der Waals surface area contributed by atoms with Crippen molar-refractivity contribution in [3.63, 3.8) is 0 Å². The second-order valence-corrected chi connectivity index (χ2v) is 6.88. The van der Waals surface area contributed by atoms with Gasteiger partial charge in [0.1, 0.15) is 10.7 Å². The number of carboxylic acids is 1. The van der Waals surface area contributed by atoms with Gasteiger partial charge in [0.2, 0.25) is 10.0 Å². The van der Waals surface area contributed by atoms with Crippen LogP contribution in [0, 0.1) is 18.7 Å². The van der Waals surface area contributed by atoms with Crippen LogP contribution in [0.4, 0.5) is 4.39 Å². The third kappa shape index (κ3) is 2.83. The summed E-state index contributed by atoms with van der Waals surface area (Å²) in [5.41, 5.74) is 0.628. The number of aryl methyl sites for hydroxylation is 1. The molecule has 1 unspecified atom stereocenters. The van der Waals surface area contributed by atoms with Crippen LogP contribution in [0.25, 0.3) is 0 Å². The van der Waals surface area contributed by atoms with Crippen molar-refractivity contribution >= 4 is 16.0 Å². The summed E-state index contributed by atoms with van der Waals surface area (Å²) in [6.07, 6.45) is 0.904. The Hall–Kier alpha value is -1.47. The Balaban J connectivity index is 2.32. The third-order valence-electron chi connectivity index (χ3n) is 3.44. The van der Waals surface area contributed by atoms with Crippen LogP contribution >= 0.6 is 0 Å². The SMILES string of the molecule is Cc1ccc(S(=O)(=O)N2CCCC(C(=O)O)C2)c(F)c1. The first-order valence-electron chi connectivity index (χ1n) is 6.31. The van der Waals surface area contributed by atoms with Gasteiger partial charge in [0.05, 0.1) is 5.92 Å². The molecular weight excluding hydrogens is 285 g/mol. The molecule has 1 saturated heterocycles. The Morgan fingerprint density at radius 3 is 2.75 bits per heavy atom. The molecule has 0 spiro atoms. The van der Waals surface area contributed by atoms with Crippen molar-refractivity contribution in [3.05, 3.63) is 29.6 Å². The predicted molar refractivity (Wildman–Crippen MR) is 70.3 cm³/mol. The zero-order valence-corrected chi connectivity index (χ0v) is 11.9. The quantitative estimate of drug-likeness (QED) is 0.920. The highest BCUT2D eigenvalue weighted by atomic mass is 32.2. The number of benzene rings is 1. The van der Waals surface area contributed by atoms with Gasteiger partial charge in [-0.1, -0.05) is 6.07 Å². The summed E-state index contributed by atoms with van der Waals surface area (Å²) in [4.78, 5) is 10.6. The average Bonchev–Trinajstić information content (AvgIpc) is 2.38. The van der Waals surface area contributed by atoms with Crippen LogP contribution in [0.15, 0.2) is 23.1 Å². The fourth-order valence-corrected chi connectivity index (χ4v) is 3.89. The van der Waals surface area contributed by atoms with E-state index in [4.69, 9.17) is 5.11 Å². The summed E-state index contributed by atoms with van der Waals surface area (Å²) in [6.45, 7) is 1.78. The van der Waals surface area contributed by atoms with Crippen LogP contribution in [0.1, 0.15) is 18.4 Å². The maximum atomic E-state index is 13.8. The lowest BCUT2D eigenvalue weighted by molar-refractivity contribution is -0.142. The van der Waals surface area contributed by atoms with E-state index in [-0.39, 0.29) is 13.1 Å². The number of carboxylic acid groups (broad SMARTS) is 1. The van der Waals surface area contributed by atoms with E-state index in [1.165, 1.54) is 12.1 Å². The van der Waals surface area contributed by atoms with E-state index in [1.807, 2.05) is 0 Å². The highest BCUT2D eigenvalue weighted by Gasteiger charge is 2.34. The van der Waals surface area contributed by atoms with Crippen LogP contribution in [0.3, 0.4) is 0 Å². The average molecular weight is 301 g/mol. The molecule has 1 aromatic carbocycles. The van der Waals surface area contributed by atoms with Crippen LogP contribution in [-0.4, -0.2) is 36.9 Å². The number of hydrogen-bond donors (Lipinski definition) is 1. The first-order chi connectivity index (χ1) is 9.32. The molecule has 1 aliphatic heterocycles. The molecule has 2 rings (SSSR count). The van der Waals surface area contributed by atoms with Gasteiger partial charge in [-0.3, -0.25) is 4.79 Å². The molecular formula is C13H16FNO4S. The summed E-state index contributed by atoms with van der Waals surface area (Å²) in [5, 5.41) is 8.99. The zero-order chi connectivity index (χ0) is 14.9. The summed E-state index contributed by atoms with van der Waals surface area (Å²) >= 11 is 0. The van der Waals surface area contributed by atoms with Gasteiger partial charge in [-0.05, 0) is 37.5 Å². The standard InChI is InChI=1S/C13H16FNO4S/c1-9-4-5-12(11(14)7-9)20(18,19)15-6-2-3-10(8-15)13(16)17/h4-5,7,10H,2-3,6,8H2,1H3,(H,16,17). The van der Waals surface area contributed by atoms with E-state index >= 15 is 0 Å². The van der Waals surface area contributed by atoms with Gasteiger partial charge in [0.15, 0.2) is 0 Å². The summed E-state index contributed by atoms with van der Waals surface area (Å²) in [6, 6.07) is 3.91. The molecule has 110 valence electrons. The smallest absolute Gasteiger partial charge is 0.307 e. The van der Waals surface area contributed by atoms with Crippen molar-refractivity contribution in [1.82, 2.24) is 4.31 Å². The molecule has 1 aliphatic rings. The van der Waals surface area contributed by atoms with Gasteiger partial charge in [-0.15, -0.1) is 0 Å². The lowest BCUT2D eigenvalue weighted by Gasteiger charge is -2.29. The molecule has 1 atom stereocenters. The number of carbonyl (C=O) groups is 1. The summed E-state index contributed by atoms with van der Waals surface area (Å²) in [7, 11) is -3.98. The molecule has 1 N–H and O–H groups in total. The Morgan fingerprint density at radius 2 is 2.15 bits per heavy atom. The van der Waals surface area contributed by atoms with Crippen molar-refractivity contribution < 1.29 is 22.7 Å². The fraction of sp³-hybridized carbons (Fsp3) is 0.462. The lowest BCUT2D eigenvalue weighted by Crippen LogP contribution is -2.42. The maximum absolute atomic E-state index is 13.8. The van der Waals surface area contributed by atoms with Crippen LogP contribution in [0.2, 0.25) is 0 Å². The molecule has 5 nitrogen and oxygen atoms in total. The van der Waals surface area contributed by atoms with Crippen molar-refractivity contribution in [2.24, 2.45) is 5.92 Å². The van der Waals surface area contributed by atoms with E-state index in [9.17, 15) is 17.6 Å². The van der Waals surface area contributed by atoms with Crippen molar-refractivity contribution in [3.8, 4) is 0 Å². The number of nitrogens with zero attached hydrogens (tertiary/aromatic N) is 1. The summed E-state index contributed by atoms with van der Waals surface area (Å²) < 4.78 is 39.7. The molecule has 20 heavy (non-hydrogen) atoms. The maximum Gasteiger partial charge on any atom is 0.307 e. The highest BCUT2D eigenvalue weighted by Crippen LogP contribution is 2.25. The molecule has 1 fully saturated rings. The van der Waals surface area contributed by atoms with Gasteiger partial charge in [-0.2, -0.15) is 4.31 Å². The predicted octanol–water partition coefficient (Wildman–Crippen LogP) is 1.62. The molecule has 1 aromatic rings. The molecule has 0 saturated carbocycles. The van der Waals surface area contributed by atoms with Crippen LogP contribution in [-0.2, 0) is 14.8 Å². The number of aliphatic carboxylic acids is 1. The highest BCUT2D eigenvalue weighted by molar-refractivity contribution is 7.89. The van der Waals surface area contributed by atoms with Gasteiger partial charge in [-0.25, -0.2) is 12.8 Å². The number of hydrogen-bond acceptors (Lipinski definition) is 3. The minimum Gasteiger partial charge on any atom is -0.481 e. The lowest BCUT2D eigenvalue weighted by atomic mass is 10.0.